The molecule has 0 amide bonds. The summed E-state index contributed by atoms with van der Waals surface area (Å²) < 4.78 is 0.632. The van der Waals surface area contributed by atoms with Crippen molar-refractivity contribution in [3.05, 3.63) is 38.3 Å². The van der Waals surface area contributed by atoms with E-state index in [1.54, 1.807) is 6.07 Å². The molecule has 0 fully saturated rings. The van der Waals surface area contributed by atoms with Gasteiger partial charge >= 0.3 is 5.97 Å². The molecular formula is C10H11BrN2O4S. The van der Waals surface area contributed by atoms with Crippen LogP contribution >= 0.6 is 27.7 Å². The summed E-state index contributed by atoms with van der Waals surface area (Å²) in [4.78, 5) is 20.6. The Morgan fingerprint density at radius 3 is 2.78 bits per heavy atom. The molecule has 0 bridgehead atoms. The van der Waals surface area contributed by atoms with E-state index < -0.39 is 16.9 Å². The second kappa shape index (κ2) is 6.72. The lowest BCUT2D eigenvalue weighted by molar-refractivity contribution is -0.384. The predicted molar refractivity (Wildman–Crippen MR) is 72.6 cm³/mol. The Bertz CT molecular complexity index is 469. The van der Waals surface area contributed by atoms with Crippen LogP contribution in [-0.2, 0) is 10.5 Å². The van der Waals surface area contributed by atoms with Crippen LogP contribution in [0.25, 0.3) is 0 Å². The molecule has 0 radical (unpaired) electrons. The molecule has 3 N–H and O–H groups in total. The summed E-state index contributed by atoms with van der Waals surface area (Å²) in [5.41, 5.74) is 6.24. The van der Waals surface area contributed by atoms with E-state index in [0.717, 1.165) is 5.56 Å². The summed E-state index contributed by atoms with van der Waals surface area (Å²) >= 11 is 4.61. The van der Waals surface area contributed by atoms with Gasteiger partial charge < -0.3 is 10.8 Å². The molecule has 1 atom stereocenters. The molecule has 1 rings (SSSR count). The van der Waals surface area contributed by atoms with Crippen molar-refractivity contribution in [3.63, 3.8) is 0 Å². The number of nitrogens with zero attached hydrogens (tertiary/aromatic N) is 1. The average molecular weight is 335 g/mol. The van der Waals surface area contributed by atoms with Gasteiger partial charge in [-0.1, -0.05) is 22.0 Å². The van der Waals surface area contributed by atoms with Crippen LogP contribution in [0.1, 0.15) is 5.56 Å². The lowest BCUT2D eigenvalue weighted by Crippen LogP contribution is -2.32. The van der Waals surface area contributed by atoms with Gasteiger partial charge in [-0.05, 0) is 5.56 Å². The van der Waals surface area contributed by atoms with Gasteiger partial charge in [-0.3, -0.25) is 14.9 Å². The van der Waals surface area contributed by atoms with E-state index in [2.05, 4.69) is 15.9 Å². The van der Waals surface area contributed by atoms with Gasteiger partial charge in [-0.25, -0.2) is 0 Å². The van der Waals surface area contributed by atoms with E-state index in [9.17, 15) is 14.9 Å². The number of carbonyl (C=O) groups is 1. The van der Waals surface area contributed by atoms with E-state index in [0.29, 0.717) is 16.0 Å². The summed E-state index contributed by atoms with van der Waals surface area (Å²) in [6, 6.07) is 3.58. The van der Waals surface area contributed by atoms with E-state index in [-0.39, 0.29) is 5.69 Å². The maximum absolute atomic E-state index is 10.5. The highest BCUT2D eigenvalue weighted by molar-refractivity contribution is 9.10. The third-order valence-corrected chi connectivity index (χ3v) is 3.97. The molecule has 0 heterocycles. The molecule has 0 aliphatic heterocycles. The van der Waals surface area contributed by atoms with Crippen LogP contribution in [0, 0.1) is 10.1 Å². The van der Waals surface area contributed by atoms with Crippen molar-refractivity contribution in [3.8, 4) is 0 Å². The van der Waals surface area contributed by atoms with Crippen molar-refractivity contribution >= 4 is 39.3 Å². The smallest absolute Gasteiger partial charge is 0.321 e. The monoisotopic (exact) mass is 334 g/mol. The largest absolute Gasteiger partial charge is 0.480 e. The lowest BCUT2D eigenvalue weighted by Gasteiger charge is -2.07. The highest BCUT2D eigenvalue weighted by Crippen LogP contribution is 2.26. The Morgan fingerprint density at radius 2 is 2.28 bits per heavy atom. The van der Waals surface area contributed by atoms with Gasteiger partial charge in [0.15, 0.2) is 0 Å². The summed E-state index contributed by atoms with van der Waals surface area (Å²) in [5, 5.41) is 19.1. The minimum Gasteiger partial charge on any atom is -0.480 e. The fraction of sp³-hybridized carbons (Fsp3) is 0.300. The topological polar surface area (TPSA) is 106 Å². The summed E-state index contributed by atoms with van der Waals surface area (Å²) in [6.45, 7) is 0. The highest BCUT2D eigenvalue weighted by Gasteiger charge is 2.12. The second-order valence-electron chi connectivity index (χ2n) is 3.49. The average Bonchev–Trinajstić information content (AvgIpc) is 2.30. The Kier molecular flexibility index (Phi) is 5.57. The molecule has 6 nitrogen and oxygen atoms in total. The number of nitro groups is 1. The number of non-ortho nitro benzene ring substituents is 1. The first-order chi connectivity index (χ1) is 8.41. The van der Waals surface area contributed by atoms with Crippen LogP contribution in [0.15, 0.2) is 22.7 Å². The zero-order valence-corrected chi connectivity index (χ0v) is 11.6. The number of rotatable bonds is 6. The molecule has 1 aromatic rings. The van der Waals surface area contributed by atoms with Crippen molar-refractivity contribution in [2.45, 2.75) is 11.8 Å². The minimum atomic E-state index is -1.04. The third kappa shape index (κ3) is 4.28. The van der Waals surface area contributed by atoms with Crippen molar-refractivity contribution in [1.82, 2.24) is 0 Å². The molecule has 18 heavy (non-hydrogen) atoms. The highest BCUT2D eigenvalue weighted by atomic mass is 79.9. The Morgan fingerprint density at radius 1 is 1.61 bits per heavy atom. The van der Waals surface area contributed by atoms with Gasteiger partial charge in [0, 0.05) is 28.1 Å². The first kappa shape index (κ1) is 14.9. The molecule has 0 aliphatic carbocycles. The van der Waals surface area contributed by atoms with Crippen LogP contribution in [0.3, 0.4) is 0 Å². The maximum atomic E-state index is 10.5. The standard InChI is InChI=1S/C10H11BrN2O4S/c11-8-3-7(13(16)17)2-1-6(8)4-18-5-9(12)10(14)15/h1-3,9H,4-5,12H2,(H,14,15)/t9-/m1/s1. The lowest BCUT2D eigenvalue weighted by atomic mass is 10.2. The predicted octanol–water partition coefficient (Wildman–Crippen LogP) is 2.00. The van der Waals surface area contributed by atoms with Crippen LogP contribution < -0.4 is 5.73 Å². The van der Waals surface area contributed by atoms with E-state index in [4.69, 9.17) is 10.8 Å². The summed E-state index contributed by atoms with van der Waals surface area (Å²) in [6.07, 6.45) is 0. The molecular weight excluding hydrogens is 324 g/mol. The van der Waals surface area contributed by atoms with Crippen LogP contribution in [0.5, 0.6) is 0 Å². The molecule has 0 aliphatic rings. The Hall–Kier alpha value is -1.12. The maximum Gasteiger partial charge on any atom is 0.321 e. The van der Waals surface area contributed by atoms with Gasteiger partial charge in [-0.15, -0.1) is 0 Å². The summed E-state index contributed by atoms with van der Waals surface area (Å²) in [7, 11) is 0. The number of nitro benzene ring substituents is 1. The Balaban J connectivity index is 2.58. The first-order valence-corrected chi connectivity index (χ1v) is 6.85. The van der Waals surface area contributed by atoms with Crippen LogP contribution in [-0.4, -0.2) is 27.8 Å². The third-order valence-electron chi connectivity index (χ3n) is 2.12. The van der Waals surface area contributed by atoms with Crippen LogP contribution in [0.2, 0.25) is 0 Å². The number of benzene rings is 1. The second-order valence-corrected chi connectivity index (χ2v) is 5.38. The van der Waals surface area contributed by atoms with Gasteiger partial charge in [0.05, 0.1) is 4.92 Å². The van der Waals surface area contributed by atoms with Gasteiger partial charge in [0.1, 0.15) is 6.04 Å². The number of hydrogen-bond acceptors (Lipinski definition) is 5. The first-order valence-electron chi connectivity index (χ1n) is 4.90. The molecule has 8 heteroatoms. The SMILES string of the molecule is N[C@H](CSCc1ccc([N+](=O)[O-])cc1Br)C(=O)O. The van der Waals surface area contributed by atoms with E-state index >= 15 is 0 Å². The molecule has 0 unspecified atom stereocenters. The van der Waals surface area contributed by atoms with Crippen LogP contribution in [0.4, 0.5) is 5.69 Å². The zero-order chi connectivity index (χ0) is 13.7. The fourth-order valence-electron chi connectivity index (χ4n) is 1.13. The molecule has 98 valence electrons. The van der Waals surface area contributed by atoms with Gasteiger partial charge in [0.25, 0.3) is 5.69 Å². The molecule has 0 saturated heterocycles. The van der Waals surface area contributed by atoms with Crippen molar-refractivity contribution in [2.75, 3.05) is 5.75 Å². The normalized spacial score (nSPS) is 12.1. The summed E-state index contributed by atoms with van der Waals surface area (Å²) in [5.74, 6) is -0.205. The number of thioether (sulfide) groups is 1. The minimum absolute atomic E-state index is 0.0119. The Labute approximate surface area is 116 Å². The number of carboxylic acid groups (broad SMARTS) is 1. The number of carboxylic acids is 1. The zero-order valence-electron chi connectivity index (χ0n) is 9.21. The number of aliphatic carboxylic acids is 1. The van der Waals surface area contributed by atoms with Gasteiger partial charge in [0.2, 0.25) is 0 Å². The van der Waals surface area contributed by atoms with E-state index in [1.807, 2.05) is 0 Å². The molecule has 0 aromatic heterocycles. The number of halogens is 1. The van der Waals surface area contributed by atoms with Crippen molar-refractivity contribution in [1.29, 1.82) is 0 Å². The molecule has 0 spiro atoms. The van der Waals surface area contributed by atoms with E-state index in [1.165, 1.54) is 23.9 Å². The molecule has 1 aromatic carbocycles. The molecule has 0 saturated carbocycles. The van der Waals surface area contributed by atoms with Crippen molar-refractivity contribution in [2.24, 2.45) is 5.73 Å². The van der Waals surface area contributed by atoms with Crippen molar-refractivity contribution < 1.29 is 14.8 Å². The number of nitrogens with two attached hydrogens (primary N) is 1. The quantitative estimate of drug-likeness (QED) is 0.608. The fourth-order valence-corrected chi connectivity index (χ4v) is 2.81. The van der Waals surface area contributed by atoms with Gasteiger partial charge in [-0.2, -0.15) is 11.8 Å². The number of hydrogen-bond donors (Lipinski definition) is 2.